The van der Waals surface area contributed by atoms with Crippen LogP contribution in [0.2, 0.25) is 5.02 Å². The number of aliphatic hydroxyl groups excluding tert-OH is 1. The lowest BCUT2D eigenvalue weighted by Gasteiger charge is -2.11. The molecule has 1 atom stereocenters. The average molecular weight is 279 g/mol. The molecule has 1 saturated heterocycles. The fourth-order valence-corrected chi connectivity index (χ4v) is 2.42. The molecule has 0 bridgehead atoms. The zero-order chi connectivity index (χ0) is 13.2. The largest absolute Gasteiger partial charge is 0.444 e. The Morgan fingerprint density at radius 2 is 2.16 bits per heavy atom. The molecule has 2 heterocycles. The third-order valence-corrected chi connectivity index (χ3v) is 3.53. The monoisotopic (exact) mass is 278 g/mol. The molecule has 1 aromatic carbocycles. The van der Waals surface area contributed by atoms with Crippen LogP contribution in [-0.2, 0) is 6.54 Å². The molecule has 0 amide bonds. The van der Waals surface area contributed by atoms with Crippen LogP contribution in [0.4, 0.5) is 0 Å². The second-order valence-corrected chi connectivity index (χ2v) is 5.26. The zero-order valence-electron chi connectivity index (χ0n) is 10.4. The van der Waals surface area contributed by atoms with Gasteiger partial charge in [-0.25, -0.2) is 4.98 Å². The Hall–Kier alpha value is -1.36. The van der Waals surface area contributed by atoms with Gasteiger partial charge in [-0.2, -0.15) is 0 Å². The summed E-state index contributed by atoms with van der Waals surface area (Å²) in [4.78, 5) is 6.64. The molecule has 0 saturated carbocycles. The van der Waals surface area contributed by atoms with E-state index in [0.29, 0.717) is 24.0 Å². The van der Waals surface area contributed by atoms with Crippen LogP contribution in [0.25, 0.3) is 11.5 Å². The van der Waals surface area contributed by atoms with Crippen molar-refractivity contribution in [3.05, 3.63) is 41.2 Å². The van der Waals surface area contributed by atoms with E-state index in [4.69, 9.17) is 16.0 Å². The highest BCUT2D eigenvalue weighted by molar-refractivity contribution is 6.30. The van der Waals surface area contributed by atoms with E-state index in [2.05, 4.69) is 9.88 Å². The van der Waals surface area contributed by atoms with Gasteiger partial charge >= 0.3 is 0 Å². The Kier molecular flexibility index (Phi) is 3.55. The van der Waals surface area contributed by atoms with Crippen molar-refractivity contribution >= 4 is 11.6 Å². The molecule has 3 rings (SSSR count). The van der Waals surface area contributed by atoms with Crippen molar-refractivity contribution in [2.24, 2.45) is 0 Å². The molecule has 1 aliphatic rings. The molecule has 100 valence electrons. The highest BCUT2D eigenvalue weighted by atomic mass is 35.5. The van der Waals surface area contributed by atoms with E-state index in [0.717, 1.165) is 24.2 Å². The molecule has 1 aliphatic heterocycles. The minimum atomic E-state index is -0.206. The van der Waals surface area contributed by atoms with Crippen LogP contribution in [-0.4, -0.2) is 34.2 Å². The van der Waals surface area contributed by atoms with Crippen molar-refractivity contribution in [3.63, 3.8) is 0 Å². The predicted molar refractivity (Wildman–Crippen MR) is 72.8 cm³/mol. The van der Waals surface area contributed by atoms with E-state index in [-0.39, 0.29) is 6.10 Å². The summed E-state index contributed by atoms with van der Waals surface area (Å²) in [6.07, 6.45) is 2.30. The van der Waals surface area contributed by atoms with Gasteiger partial charge < -0.3 is 9.52 Å². The normalized spacial score (nSPS) is 20.0. The van der Waals surface area contributed by atoms with Crippen molar-refractivity contribution in [1.82, 2.24) is 9.88 Å². The molecular formula is C14H15ClN2O2. The minimum absolute atomic E-state index is 0.206. The average Bonchev–Trinajstić information content (AvgIpc) is 3.00. The van der Waals surface area contributed by atoms with Gasteiger partial charge in [0, 0.05) is 30.2 Å². The Morgan fingerprint density at radius 3 is 2.84 bits per heavy atom. The quantitative estimate of drug-likeness (QED) is 0.937. The molecule has 4 nitrogen and oxygen atoms in total. The van der Waals surface area contributed by atoms with Crippen molar-refractivity contribution in [1.29, 1.82) is 0 Å². The van der Waals surface area contributed by atoms with Crippen LogP contribution in [0.15, 0.2) is 34.9 Å². The summed E-state index contributed by atoms with van der Waals surface area (Å²) in [5, 5.41) is 10.2. The Bertz CT molecular complexity index is 553. The van der Waals surface area contributed by atoms with Crippen LogP contribution >= 0.6 is 11.6 Å². The molecule has 0 aliphatic carbocycles. The number of nitrogens with zero attached hydrogens (tertiary/aromatic N) is 2. The van der Waals surface area contributed by atoms with Gasteiger partial charge in [-0.1, -0.05) is 11.6 Å². The first kappa shape index (κ1) is 12.7. The maximum absolute atomic E-state index is 9.49. The smallest absolute Gasteiger partial charge is 0.226 e. The van der Waals surface area contributed by atoms with Gasteiger partial charge in [0.25, 0.3) is 0 Å². The first-order valence-corrected chi connectivity index (χ1v) is 6.69. The molecule has 0 radical (unpaired) electrons. The van der Waals surface area contributed by atoms with Gasteiger partial charge in [0.1, 0.15) is 6.26 Å². The Morgan fingerprint density at radius 1 is 1.37 bits per heavy atom. The van der Waals surface area contributed by atoms with E-state index in [1.165, 1.54) is 0 Å². The molecule has 1 aromatic heterocycles. The topological polar surface area (TPSA) is 49.5 Å². The second-order valence-electron chi connectivity index (χ2n) is 4.83. The van der Waals surface area contributed by atoms with Crippen LogP contribution in [0.5, 0.6) is 0 Å². The number of halogens is 1. The summed E-state index contributed by atoms with van der Waals surface area (Å²) in [5.41, 5.74) is 1.80. The maximum atomic E-state index is 9.49. The van der Waals surface area contributed by atoms with E-state index >= 15 is 0 Å². The third-order valence-electron chi connectivity index (χ3n) is 3.28. The Labute approximate surface area is 116 Å². The number of rotatable bonds is 3. The minimum Gasteiger partial charge on any atom is -0.444 e. The van der Waals surface area contributed by atoms with Crippen LogP contribution in [0.1, 0.15) is 12.1 Å². The van der Waals surface area contributed by atoms with Crippen LogP contribution in [0.3, 0.4) is 0 Å². The maximum Gasteiger partial charge on any atom is 0.226 e. The SMILES string of the molecule is OC1CCN(Cc2coc(-c3ccc(Cl)cc3)n2)C1. The molecule has 2 aromatic rings. The molecule has 1 N–H and O–H groups in total. The third kappa shape index (κ3) is 2.97. The first-order valence-electron chi connectivity index (χ1n) is 6.31. The van der Waals surface area contributed by atoms with E-state index in [1.807, 2.05) is 24.3 Å². The molecule has 1 unspecified atom stereocenters. The summed E-state index contributed by atoms with van der Waals surface area (Å²) in [7, 11) is 0. The fourth-order valence-electron chi connectivity index (χ4n) is 2.29. The highest BCUT2D eigenvalue weighted by Crippen LogP contribution is 2.22. The van der Waals surface area contributed by atoms with Crippen LogP contribution in [0, 0.1) is 0 Å². The number of aromatic nitrogens is 1. The molecule has 1 fully saturated rings. The van der Waals surface area contributed by atoms with Crippen molar-refractivity contribution in [2.45, 2.75) is 19.1 Å². The van der Waals surface area contributed by atoms with Gasteiger partial charge in [0.15, 0.2) is 0 Å². The number of likely N-dealkylation sites (tertiary alicyclic amines) is 1. The summed E-state index contributed by atoms with van der Waals surface area (Å²) >= 11 is 5.85. The van der Waals surface area contributed by atoms with E-state index in [9.17, 15) is 5.11 Å². The number of β-amino-alcohol motifs (C(OH)–C–C–N with tert-alkyl or cyclic N) is 1. The second kappa shape index (κ2) is 5.33. The summed E-state index contributed by atoms with van der Waals surface area (Å²) < 4.78 is 5.48. The number of benzene rings is 1. The van der Waals surface area contributed by atoms with Gasteiger partial charge in [-0.3, -0.25) is 4.90 Å². The van der Waals surface area contributed by atoms with Gasteiger partial charge in [0.2, 0.25) is 5.89 Å². The lowest BCUT2D eigenvalue weighted by atomic mass is 10.2. The number of oxazole rings is 1. The fraction of sp³-hybridized carbons (Fsp3) is 0.357. The number of hydrogen-bond donors (Lipinski definition) is 1. The first-order chi connectivity index (χ1) is 9.20. The molecule has 19 heavy (non-hydrogen) atoms. The van der Waals surface area contributed by atoms with Gasteiger partial charge in [0.05, 0.1) is 11.8 Å². The zero-order valence-corrected chi connectivity index (χ0v) is 11.2. The summed E-state index contributed by atoms with van der Waals surface area (Å²) in [6, 6.07) is 7.41. The van der Waals surface area contributed by atoms with Gasteiger partial charge in [-0.05, 0) is 30.7 Å². The highest BCUT2D eigenvalue weighted by Gasteiger charge is 2.21. The van der Waals surface area contributed by atoms with Crippen molar-refractivity contribution in [2.75, 3.05) is 13.1 Å². The standard InChI is InChI=1S/C14H15ClN2O2/c15-11-3-1-10(2-4-11)14-16-12(9-19-14)7-17-6-5-13(18)8-17/h1-4,9,13,18H,5-8H2. The van der Waals surface area contributed by atoms with E-state index < -0.39 is 0 Å². The van der Waals surface area contributed by atoms with Crippen LogP contribution < -0.4 is 0 Å². The Balaban J connectivity index is 1.71. The molecule has 5 heteroatoms. The summed E-state index contributed by atoms with van der Waals surface area (Å²) in [5.74, 6) is 0.603. The van der Waals surface area contributed by atoms with E-state index in [1.54, 1.807) is 6.26 Å². The molecule has 0 spiro atoms. The van der Waals surface area contributed by atoms with Gasteiger partial charge in [-0.15, -0.1) is 0 Å². The lowest BCUT2D eigenvalue weighted by molar-refractivity contribution is 0.174. The summed E-state index contributed by atoms with van der Waals surface area (Å²) in [6.45, 7) is 2.33. The molecular weight excluding hydrogens is 264 g/mol. The van der Waals surface area contributed by atoms with Crippen molar-refractivity contribution < 1.29 is 9.52 Å². The lowest BCUT2D eigenvalue weighted by Crippen LogP contribution is -2.21. The van der Waals surface area contributed by atoms with Crippen molar-refractivity contribution in [3.8, 4) is 11.5 Å². The number of hydrogen-bond acceptors (Lipinski definition) is 4. The number of aliphatic hydroxyl groups is 1. The predicted octanol–water partition coefficient (Wildman–Crippen LogP) is 2.56.